The monoisotopic (exact) mass is 2510 g/mol. The molecule has 0 N–H and O–H groups in total. The maximum atomic E-state index is 5.65. The second-order valence-electron chi connectivity index (χ2n) is 37.6. The Labute approximate surface area is 863 Å². The summed E-state index contributed by atoms with van der Waals surface area (Å²) in [5, 5.41) is 4.17. The fraction of sp³-hybridized carbons (Fsp3) is 0.207. The van der Waals surface area contributed by atoms with E-state index in [9.17, 15) is 0 Å². The molecule has 0 atom stereocenters. The van der Waals surface area contributed by atoms with Gasteiger partial charge in [0.25, 0.3) is 0 Å². The van der Waals surface area contributed by atoms with Crippen LogP contribution in [-0.4, -0.2) is 39.9 Å². The fourth-order valence-corrected chi connectivity index (χ4v) is 14.3. The standard InChI is InChI=1S/3C18H18NO.C17H16NO.C15H16N.2C12H10N.C11H8N.4Ir/c3*1-12-11-15-16(20-12)9-10-19-17(15)13-5-7-14(8-6-13)18(2,3)4;1-17(2,3)13-6-4-12(5-7-13)16-14-9-11-19-15(14)8-10-18-16;1-15(2,3)13-9-7-12(8-10-13)14-6-4-5-11-16-14;2*1-10-6-5-9-12(13-10)11-7-3-2-4-8-11;1-2-6-10(7-3-1)11-8-4-5-9-12-11;;;;/h3*5,7-11H,1-4H3;4,6-11H,1-3H3;4-7,9-11H,1-3H3;2*2-7,9H,1H3;1-6,8-9H;;;;/q8*-1;;;;. The average molecular weight is 2510 g/mol. The summed E-state index contributed by atoms with van der Waals surface area (Å²) in [7, 11) is 0. The Balaban J connectivity index is 0.000000176. The van der Waals surface area contributed by atoms with E-state index in [0.717, 1.165) is 163 Å². The van der Waals surface area contributed by atoms with Crippen LogP contribution in [0.5, 0.6) is 0 Å². The van der Waals surface area contributed by atoms with Crippen molar-refractivity contribution >= 4 is 43.9 Å². The van der Waals surface area contributed by atoms with Gasteiger partial charge in [-0.1, -0.05) is 152 Å². The zero-order valence-corrected chi connectivity index (χ0v) is 90.8. The van der Waals surface area contributed by atoms with Gasteiger partial charge in [0.2, 0.25) is 0 Å². The van der Waals surface area contributed by atoms with Gasteiger partial charge in [0.05, 0.1) is 6.26 Å². The number of nitrogens with zero attached hydrogens (tertiary/aromatic N) is 8. The van der Waals surface area contributed by atoms with Crippen molar-refractivity contribution in [1.29, 1.82) is 0 Å². The fourth-order valence-electron chi connectivity index (χ4n) is 14.3. The number of rotatable bonds is 8. The number of furan rings is 4. The van der Waals surface area contributed by atoms with Crippen LogP contribution in [0.15, 0.2) is 346 Å². The molecule has 0 saturated carbocycles. The number of aromatic nitrogens is 8. The van der Waals surface area contributed by atoms with Gasteiger partial charge < -0.3 is 57.5 Å². The molecule has 0 bridgehead atoms. The summed E-state index contributed by atoms with van der Waals surface area (Å²) in [4.78, 5) is 35.3. The molecule has 12 heterocycles. The third-order valence-corrected chi connectivity index (χ3v) is 21.8. The summed E-state index contributed by atoms with van der Waals surface area (Å²) in [6.07, 6.45) is 12.4. The zero-order chi connectivity index (χ0) is 94.5. The molecule has 0 aliphatic heterocycles. The van der Waals surface area contributed by atoms with Crippen molar-refractivity contribution in [2.75, 3.05) is 0 Å². The summed E-state index contributed by atoms with van der Waals surface area (Å²) >= 11 is 0. The van der Waals surface area contributed by atoms with Crippen LogP contribution in [0.4, 0.5) is 0 Å². The summed E-state index contributed by atoms with van der Waals surface area (Å²) in [6.45, 7) is 42.9. The largest absolute Gasteiger partial charge is 0.465 e. The van der Waals surface area contributed by atoms with Gasteiger partial charge in [0.15, 0.2) is 0 Å². The summed E-state index contributed by atoms with van der Waals surface area (Å²) < 4.78 is 22.4. The van der Waals surface area contributed by atoms with E-state index in [0.29, 0.717) is 0 Å². The molecule has 12 aromatic heterocycles. The predicted molar refractivity (Wildman–Crippen MR) is 544 cm³/mol. The van der Waals surface area contributed by atoms with Gasteiger partial charge in [-0.3, -0.25) is 0 Å². The number of benzene rings is 8. The van der Waals surface area contributed by atoms with E-state index < -0.39 is 0 Å². The van der Waals surface area contributed by atoms with E-state index in [-0.39, 0.29) is 107 Å². The van der Waals surface area contributed by atoms with Crippen molar-refractivity contribution in [2.45, 2.75) is 166 Å². The minimum Gasteiger partial charge on any atom is -0.465 e. The van der Waals surface area contributed by atoms with E-state index in [2.05, 4.69) is 283 Å². The Morgan fingerprint density at radius 1 is 0.226 bits per heavy atom. The Morgan fingerprint density at radius 3 is 0.759 bits per heavy atom. The molecule has 0 spiro atoms. The van der Waals surface area contributed by atoms with Crippen LogP contribution in [0.3, 0.4) is 0 Å². The van der Waals surface area contributed by atoms with Crippen LogP contribution < -0.4 is 0 Å². The van der Waals surface area contributed by atoms with Gasteiger partial charge in [-0.25, -0.2) is 0 Å². The quantitative estimate of drug-likeness (QED) is 0.133. The first kappa shape index (κ1) is 108. The van der Waals surface area contributed by atoms with E-state index >= 15 is 0 Å². The van der Waals surface area contributed by atoms with Crippen LogP contribution in [0.1, 0.15) is 160 Å². The van der Waals surface area contributed by atoms with Crippen LogP contribution in [-0.2, 0) is 107 Å². The van der Waals surface area contributed by atoms with E-state index in [1.807, 2.05) is 229 Å². The Kier molecular flexibility index (Phi) is 39.3. The van der Waals surface area contributed by atoms with E-state index in [1.165, 1.54) is 27.8 Å². The topological polar surface area (TPSA) is 156 Å². The molecule has 0 amide bonds. The minimum absolute atomic E-state index is 0. The molecule has 20 aromatic rings. The second kappa shape index (κ2) is 49.6. The zero-order valence-electron chi connectivity index (χ0n) is 81.2. The van der Waals surface area contributed by atoms with Crippen molar-refractivity contribution in [3.05, 3.63) is 434 Å². The second-order valence-corrected chi connectivity index (χ2v) is 37.6. The predicted octanol–water partition coefficient (Wildman–Crippen LogP) is 31.4. The summed E-state index contributed by atoms with van der Waals surface area (Å²) in [5.74, 6) is 2.71. The number of fused-ring (bicyclic) bond motifs is 4. The third kappa shape index (κ3) is 30.4. The smallest absolute Gasteiger partial charge is 0.128 e. The first-order valence-electron chi connectivity index (χ1n) is 44.8. The van der Waals surface area contributed by atoms with Gasteiger partial charge in [-0.15, -0.1) is 285 Å². The molecular weight excluding hydrogens is 2400 g/mol. The van der Waals surface area contributed by atoms with Gasteiger partial charge >= 0.3 is 0 Å². The van der Waals surface area contributed by atoms with Crippen molar-refractivity contribution in [3.8, 4) is 90.1 Å². The normalized spacial score (nSPS) is 11.0. The molecule has 0 fully saturated rings. The van der Waals surface area contributed by atoms with Crippen molar-refractivity contribution in [2.24, 2.45) is 0 Å². The molecule has 137 heavy (non-hydrogen) atoms. The van der Waals surface area contributed by atoms with Crippen LogP contribution in [0.25, 0.3) is 134 Å². The van der Waals surface area contributed by atoms with Gasteiger partial charge in [-0.2, -0.15) is 0 Å². The van der Waals surface area contributed by atoms with Crippen LogP contribution >= 0.6 is 0 Å². The van der Waals surface area contributed by atoms with Crippen LogP contribution in [0.2, 0.25) is 0 Å². The van der Waals surface area contributed by atoms with E-state index in [4.69, 9.17) is 17.7 Å². The Bertz CT molecular complexity index is 6640. The van der Waals surface area contributed by atoms with Gasteiger partial charge in [0, 0.05) is 151 Å². The van der Waals surface area contributed by atoms with Crippen LogP contribution in [0, 0.1) is 83.1 Å². The SMILES string of the molecule is CC(C)(C)c1c[c-]c(-c2ccccn2)cc1.CC(C)(C)c1c[c-]c(-c2nccc3occc23)cc1.Cc1cc2c(-c3[c-]cc(C(C)(C)C)cc3)nccc2o1.Cc1cc2c(-c3[c-]cc(C(C)(C)C)cc3)nccc2o1.Cc1cc2c(-c3[c-]cc(C(C)(C)C)cc3)nccc2o1.Cc1cccc(-c2[c-]cccc2)n1.Cc1cccc(-c2[c-]cccc2)n1.[Ir].[Ir].[Ir].[Ir].[c-]1ccccc1-c1ccccn1. The molecule has 12 nitrogen and oxygen atoms in total. The average Bonchev–Trinajstić information content (AvgIpc) is 1.70. The number of pyridine rings is 8. The van der Waals surface area contributed by atoms with Crippen molar-refractivity contribution in [3.63, 3.8) is 0 Å². The van der Waals surface area contributed by atoms with Gasteiger partial charge in [0.1, 0.15) is 39.6 Å². The summed E-state index contributed by atoms with van der Waals surface area (Å²) in [5.41, 5.74) is 28.5. The van der Waals surface area contributed by atoms with E-state index in [1.54, 1.807) is 43.4 Å². The molecule has 4 radical (unpaired) electrons. The number of aryl methyl sites for hydroxylation is 5. The molecule has 8 aromatic carbocycles. The molecule has 0 unspecified atom stereocenters. The maximum absolute atomic E-state index is 5.65. The summed E-state index contributed by atoms with van der Waals surface area (Å²) in [6, 6.07) is 121. The first-order valence-corrected chi connectivity index (χ1v) is 44.8. The molecular formula is C121H114Ir4N8O4-8. The third-order valence-electron chi connectivity index (χ3n) is 21.8. The first-order chi connectivity index (χ1) is 63.7. The molecule has 0 aliphatic carbocycles. The van der Waals surface area contributed by atoms with Crippen molar-refractivity contribution in [1.82, 2.24) is 39.9 Å². The minimum atomic E-state index is 0. The number of hydrogen-bond donors (Lipinski definition) is 0. The molecule has 706 valence electrons. The Morgan fingerprint density at radius 2 is 0.496 bits per heavy atom. The molecule has 20 rings (SSSR count). The number of hydrogen-bond acceptors (Lipinski definition) is 12. The Hall–Kier alpha value is -12.3. The molecule has 16 heteroatoms. The maximum Gasteiger partial charge on any atom is 0.128 e. The molecule has 0 saturated heterocycles. The molecule has 0 aliphatic rings. The van der Waals surface area contributed by atoms with Gasteiger partial charge in [-0.05, 0) is 180 Å². The van der Waals surface area contributed by atoms with Crippen molar-refractivity contribution < 1.29 is 98.1 Å².